The summed E-state index contributed by atoms with van der Waals surface area (Å²) in [5, 5.41) is 13.2. The number of aromatic nitrogens is 5. The third-order valence-corrected chi connectivity index (χ3v) is 5.86. The minimum absolute atomic E-state index is 0.0478. The highest BCUT2D eigenvalue weighted by Gasteiger charge is 2.33. The fraction of sp³-hybridized carbons (Fsp3) is 0.368. The van der Waals surface area contributed by atoms with Gasteiger partial charge in [-0.05, 0) is 25.0 Å². The van der Waals surface area contributed by atoms with Gasteiger partial charge in [-0.15, -0.1) is 10.2 Å². The fourth-order valence-corrected chi connectivity index (χ4v) is 4.05. The molecule has 12 heteroatoms. The highest BCUT2D eigenvalue weighted by atomic mass is 32.1. The molecule has 162 valence electrons. The molecule has 0 saturated heterocycles. The number of carbonyl (C=O) groups is 2. The van der Waals surface area contributed by atoms with Crippen LogP contribution in [-0.4, -0.2) is 48.2 Å². The number of fused-ring (bicyclic) bond motifs is 1. The minimum Gasteiger partial charge on any atom is -0.331 e. The Morgan fingerprint density at radius 2 is 2.13 bits per heavy atom. The third-order valence-electron chi connectivity index (χ3n) is 5.02. The first-order valence-electron chi connectivity index (χ1n) is 9.61. The topological polar surface area (TPSA) is 106 Å². The van der Waals surface area contributed by atoms with E-state index in [0.717, 1.165) is 11.3 Å². The molecule has 9 nitrogen and oxygen atoms in total. The van der Waals surface area contributed by atoms with E-state index in [4.69, 9.17) is 0 Å². The molecule has 0 bridgehead atoms. The van der Waals surface area contributed by atoms with E-state index < -0.39 is 17.3 Å². The van der Waals surface area contributed by atoms with E-state index in [1.54, 1.807) is 11.1 Å². The van der Waals surface area contributed by atoms with Crippen LogP contribution in [0.2, 0.25) is 0 Å². The number of amides is 2. The summed E-state index contributed by atoms with van der Waals surface area (Å²) < 4.78 is 27.0. The third kappa shape index (κ3) is 4.02. The Hall–Kier alpha value is -3.28. The largest absolute Gasteiger partial charge is 0.331 e. The normalized spacial score (nSPS) is 13.6. The van der Waals surface area contributed by atoms with Gasteiger partial charge in [0, 0.05) is 30.5 Å². The van der Waals surface area contributed by atoms with Gasteiger partial charge < -0.3 is 4.90 Å². The van der Waals surface area contributed by atoms with E-state index >= 15 is 0 Å². The number of nitrogens with zero attached hydrogens (tertiary/aromatic N) is 6. The summed E-state index contributed by atoms with van der Waals surface area (Å²) in [5.74, 6) is -0.827. The van der Waals surface area contributed by atoms with Crippen LogP contribution in [0, 0.1) is 6.92 Å². The fourth-order valence-electron chi connectivity index (χ4n) is 3.46. The van der Waals surface area contributed by atoms with Gasteiger partial charge in [0.05, 0.1) is 6.54 Å². The van der Waals surface area contributed by atoms with Crippen molar-refractivity contribution in [1.82, 2.24) is 29.9 Å². The Bertz CT molecular complexity index is 1140. The standard InChI is InChI=1S/C19H19F2N7O2S/c1-3-12-13(16(29)23-19-25-24-17(31-19)15(20)21)26-28-8-7-27(18(30)14(12)28)9-11-5-4-6-22-10(11)2/h4-6,15H,3,7-9H2,1-2H3,(H,23,25,29). The van der Waals surface area contributed by atoms with Crippen molar-refractivity contribution < 1.29 is 18.4 Å². The van der Waals surface area contributed by atoms with E-state index in [2.05, 4.69) is 25.6 Å². The minimum atomic E-state index is -2.76. The molecule has 0 saturated carbocycles. The SMILES string of the molecule is CCc1c(C(=O)Nc2nnc(C(F)F)s2)nn2c1C(=O)N(Cc1cccnc1C)CC2. The summed E-state index contributed by atoms with van der Waals surface area (Å²) in [7, 11) is 0. The van der Waals surface area contributed by atoms with Gasteiger partial charge in [0.25, 0.3) is 18.2 Å². The molecular weight excluding hydrogens is 428 g/mol. The number of halogens is 2. The van der Waals surface area contributed by atoms with Crippen LogP contribution in [0.4, 0.5) is 13.9 Å². The molecule has 3 aromatic heterocycles. The van der Waals surface area contributed by atoms with Crippen LogP contribution in [0.25, 0.3) is 0 Å². The summed E-state index contributed by atoms with van der Waals surface area (Å²) in [5.41, 5.74) is 2.76. The van der Waals surface area contributed by atoms with Gasteiger partial charge in [0.2, 0.25) is 5.13 Å². The summed E-state index contributed by atoms with van der Waals surface area (Å²) in [6.07, 6.45) is -0.655. The highest BCUT2D eigenvalue weighted by molar-refractivity contribution is 7.15. The van der Waals surface area contributed by atoms with E-state index in [0.29, 0.717) is 48.6 Å². The lowest BCUT2D eigenvalue weighted by atomic mass is 10.1. The number of pyridine rings is 1. The van der Waals surface area contributed by atoms with Gasteiger partial charge in [0.1, 0.15) is 5.69 Å². The number of nitrogens with one attached hydrogen (secondary N) is 1. The molecule has 1 aliphatic rings. The van der Waals surface area contributed by atoms with Crippen LogP contribution in [0.3, 0.4) is 0 Å². The van der Waals surface area contributed by atoms with Crippen LogP contribution < -0.4 is 5.32 Å². The molecule has 0 fully saturated rings. The van der Waals surface area contributed by atoms with Gasteiger partial charge in [-0.3, -0.25) is 24.6 Å². The number of carbonyl (C=O) groups excluding carboxylic acids is 2. The molecule has 0 spiro atoms. The molecule has 2 amide bonds. The zero-order chi connectivity index (χ0) is 22.1. The van der Waals surface area contributed by atoms with Crippen molar-refractivity contribution in [3.8, 4) is 0 Å². The molecule has 4 rings (SSSR count). The van der Waals surface area contributed by atoms with Gasteiger partial charge >= 0.3 is 0 Å². The molecule has 1 aliphatic heterocycles. The first-order valence-corrected chi connectivity index (χ1v) is 10.4. The van der Waals surface area contributed by atoms with Crippen LogP contribution in [0.15, 0.2) is 18.3 Å². The smallest absolute Gasteiger partial charge is 0.291 e. The van der Waals surface area contributed by atoms with Gasteiger partial charge in [-0.25, -0.2) is 8.78 Å². The second-order valence-electron chi connectivity index (χ2n) is 6.93. The second-order valence-corrected chi connectivity index (χ2v) is 7.94. The molecule has 0 aromatic carbocycles. The van der Waals surface area contributed by atoms with Crippen molar-refractivity contribution in [2.45, 2.75) is 39.8 Å². The molecule has 0 aliphatic carbocycles. The molecule has 1 N–H and O–H groups in total. The first kappa shape index (κ1) is 21.0. The number of hydrogen-bond donors (Lipinski definition) is 1. The lowest BCUT2D eigenvalue weighted by Gasteiger charge is -2.28. The number of alkyl halides is 2. The van der Waals surface area contributed by atoms with Gasteiger partial charge in [-0.2, -0.15) is 5.10 Å². The quantitative estimate of drug-likeness (QED) is 0.623. The molecule has 0 atom stereocenters. The maximum Gasteiger partial charge on any atom is 0.291 e. The van der Waals surface area contributed by atoms with E-state index in [9.17, 15) is 18.4 Å². The lowest BCUT2D eigenvalue weighted by Crippen LogP contribution is -2.40. The zero-order valence-electron chi connectivity index (χ0n) is 16.8. The Morgan fingerprint density at radius 1 is 1.32 bits per heavy atom. The average molecular weight is 447 g/mol. The zero-order valence-corrected chi connectivity index (χ0v) is 17.6. The monoisotopic (exact) mass is 447 g/mol. The molecule has 4 heterocycles. The summed E-state index contributed by atoms with van der Waals surface area (Å²) in [4.78, 5) is 31.9. The Kier molecular flexibility index (Phi) is 5.72. The molecule has 31 heavy (non-hydrogen) atoms. The Morgan fingerprint density at radius 3 is 2.81 bits per heavy atom. The van der Waals surface area contributed by atoms with Crippen molar-refractivity contribution >= 4 is 28.3 Å². The van der Waals surface area contributed by atoms with Crippen molar-refractivity contribution in [3.63, 3.8) is 0 Å². The maximum atomic E-state index is 13.2. The summed E-state index contributed by atoms with van der Waals surface area (Å²) in [6, 6.07) is 3.75. The number of hydrogen-bond acceptors (Lipinski definition) is 7. The van der Waals surface area contributed by atoms with Crippen LogP contribution in [0.1, 0.15) is 56.2 Å². The lowest BCUT2D eigenvalue weighted by molar-refractivity contribution is 0.0681. The highest BCUT2D eigenvalue weighted by Crippen LogP contribution is 2.27. The van der Waals surface area contributed by atoms with Crippen molar-refractivity contribution in [2.24, 2.45) is 0 Å². The van der Waals surface area contributed by atoms with Crippen LogP contribution in [-0.2, 0) is 19.5 Å². The summed E-state index contributed by atoms with van der Waals surface area (Å²) in [6.45, 7) is 5.01. The van der Waals surface area contributed by atoms with E-state index in [-0.39, 0.29) is 16.7 Å². The summed E-state index contributed by atoms with van der Waals surface area (Å²) >= 11 is 0.596. The average Bonchev–Trinajstić information content (AvgIpc) is 3.36. The number of anilines is 1. The second kappa shape index (κ2) is 8.46. The van der Waals surface area contributed by atoms with E-state index in [1.807, 2.05) is 26.0 Å². The van der Waals surface area contributed by atoms with E-state index in [1.165, 1.54) is 4.68 Å². The molecule has 3 aromatic rings. The van der Waals surface area contributed by atoms with Crippen molar-refractivity contribution in [2.75, 3.05) is 11.9 Å². The predicted octanol–water partition coefficient (Wildman–Crippen LogP) is 2.85. The number of rotatable bonds is 6. The van der Waals surface area contributed by atoms with Gasteiger partial charge in [-0.1, -0.05) is 24.3 Å². The number of aryl methyl sites for hydroxylation is 1. The van der Waals surface area contributed by atoms with Gasteiger partial charge in [0.15, 0.2) is 10.7 Å². The Balaban J connectivity index is 1.58. The van der Waals surface area contributed by atoms with Crippen LogP contribution in [0.5, 0.6) is 0 Å². The molecular formula is C19H19F2N7O2S. The first-order chi connectivity index (χ1) is 14.9. The molecule has 0 unspecified atom stereocenters. The Labute approximate surface area is 180 Å². The van der Waals surface area contributed by atoms with Crippen molar-refractivity contribution in [3.05, 3.63) is 51.5 Å². The van der Waals surface area contributed by atoms with Crippen molar-refractivity contribution in [1.29, 1.82) is 0 Å². The maximum absolute atomic E-state index is 13.2. The van der Waals surface area contributed by atoms with Crippen LogP contribution >= 0.6 is 11.3 Å². The predicted molar refractivity (Wildman–Crippen MR) is 108 cm³/mol. The molecule has 0 radical (unpaired) electrons.